The van der Waals surface area contributed by atoms with Crippen LogP contribution in [-0.4, -0.2) is 11.5 Å². The first-order chi connectivity index (χ1) is 9.31. The van der Waals surface area contributed by atoms with Crippen molar-refractivity contribution in [2.24, 2.45) is 17.8 Å². The minimum absolute atomic E-state index is 0.511. The molecule has 0 aromatic carbocycles. The molecule has 1 N–H and O–H groups in total. The summed E-state index contributed by atoms with van der Waals surface area (Å²) < 4.78 is 0. The fraction of sp³-hybridized carbons (Fsp3) is 0.812. The Bertz CT molecular complexity index is 460. The highest BCUT2D eigenvalue weighted by molar-refractivity contribution is 7.11. The second kappa shape index (κ2) is 3.82. The Morgan fingerprint density at radius 3 is 2.37 bits per heavy atom. The largest absolute Gasteiger partial charge is 0.311 e. The highest BCUT2D eigenvalue weighted by Gasteiger charge is 2.53. The average molecular weight is 274 g/mol. The van der Waals surface area contributed by atoms with Crippen molar-refractivity contribution < 1.29 is 0 Å². The van der Waals surface area contributed by atoms with E-state index in [1.807, 2.05) is 0 Å². The molecule has 2 heterocycles. The van der Waals surface area contributed by atoms with Gasteiger partial charge in [-0.2, -0.15) is 0 Å². The summed E-state index contributed by atoms with van der Waals surface area (Å²) in [5.41, 5.74) is 1.94. The summed E-state index contributed by atoms with van der Waals surface area (Å²) in [6, 6.07) is 0. The molecule has 4 fully saturated rings. The van der Waals surface area contributed by atoms with Gasteiger partial charge in [0.25, 0.3) is 0 Å². The second-order valence-corrected chi connectivity index (χ2v) is 8.60. The number of fused-ring (bicyclic) bond motifs is 1. The van der Waals surface area contributed by atoms with Crippen molar-refractivity contribution in [1.29, 1.82) is 0 Å². The molecule has 0 spiro atoms. The van der Waals surface area contributed by atoms with Crippen molar-refractivity contribution in [3.05, 3.63) is 15.6 Å². The van der Waals surface area contributed by atoms with Gasteiger partial charge in [-0.25, -0.2) is 4.98 Å². The molecular formula is C16H22N2S. The van der Waals surface area contributed by atoms with Crippen molar-refractivity contribution in [3.63, 3.8) is 0 Å². The van der Waals surface area contributed by atoms with Gasteiger partial charge in [0.05, 0.1) is 10.7 Å². The van der Waals surface area contributed by atoms with E-state index < -0.39 is 0 Å². The molecule has 4 bridgehead atoms. The van der Waals surface area contributed by atoms with Gasteiger partial charge in [-0.1, -0.05) is 0 Å². The van der Waals surface area contributed by atoms with E-state index in [9.17, 15) is 0 Å². The molecule has 2 nitrogen and oxygen atoms in total. The van der Waals surface area contributed by atoms with E-state index in [0.29, 0.717) is 5.41 Å². The van der Waals surface area contributed by atoms with E-state index in [4.69, 9.17) is 4.98 Å². The third-order valence-corrected chi connectivity index (χ3v) is 7.44. The molecule has 4 saturated carbocycles. The number of nitrogens with one attached hydrogen (secondary N) is 1. The van der Waals surface area contributed by atoms with E-state index >= 15 is 0 Å². The topological polar surface area (TPSA) is 24.9 Å². The quantitative estimate of drug-likeness (QED) is 0.850. The molecule has 0 unspecified atom stereocenters. The smallest absolute Gasteiger partial charge is 0.0993 e. The molecule has 6 rings (SSSR count). The van der Waals surface area contributed by atoms with Crippen LogP contribution >= 0.6 is 11.3 Å². The number of hydrogen-bond acceptors (Lipinski definition) is 3. The third-order valence-electron chi connectivity index (χ3n) is 6.09. The van der Waals surface area contributed by atoms with Gasteiger partial charge in [0.1, 0.15) is 0 Å². The molecule has 19 heavy (non-hydrogen) atoms. The maximum atomic E-state index is 5.12. The van der Waals surface area contributed by atoms with Crippen molar-refractivity contribution in [1.82, 2.24) is 10.3 Å². The van der Waals surface area contributed by atoms with Crippen LogP contribution in [0.3, 0.4) is 0 Å². The molecule has 1 aromatic rings. The third kappa shape index (κ3) is 1.61. The lowest BCUT2D eigenvalue weighted by molar-refractivity contribution is -0.00533. The standard InChI is InChI=1S/C16H22N2S/c1-2-17-9-14-13(1)18-15(19-14)16-6-10-3-11(7-16)5-12(4-10)8-16/h10-12,17H,1-9H2. The minimum atomic E-state index is 0.511. The number of aromatic nitrogens is 1. The van der Waals surface area contributed by atoms with E-state index in [1.54, 1.807) is 0 Å². The van der Waals surface area contributed by atoms with Crippen LogP contribution in [0.2, 0.25) is 0 Å². The number of nitrogens with zero attached hydrogens (tertiary/aromatic N) is 1. The van der Waals surface area contributed by atoms with Crippen LogP contribution in [0, 0.1) is 17.8 Å². The average Bonchev–Trinajstić information content (AvgIpc) is 2.81. The predicted molar refractivity (Wildman–Crippen MR) is 77.4 cm³/mol. The molecule has 0 amide bonds. The first kappa shape index (κ1) is 11.3. The van der Waals surface area contributed by atoms with Crippen LogP contribution < -0.4 is 5.32 Å². The summed E-state index contributed by atoms with van der Waals surface area (Å²) in [4.78, 5) is 6.66. The summed E-state index contributed by atoms with van der Waals surface area (Å²) in [6.07, 6.45) is 10.1. The Morgan fingerprint density at radius 1 is 1.05 bits per heavy atom. The van der Waals surface area contributed by atoms with Crippen molar-refractivity contribution in [2.45, 2.75) is 56.9 Å². The zero-order chi connectivity index (χ0) is 12.4. The number of rotatable bonds is 1. The van der Waals surface area contributed by atoms with E-state index in [1.165, 1.54) is 54.1 Å². The van der Waals surface area contributed by atoms with Crippen LogP contribution in [0.15, 0.2) is 0 Å². The van der Waals surface area contributed by atoms with E-state index in [-0.39, 0.29) is 0 Å². The van der Waals surface area contributed by atoms with Crippen LogP contribution in [-0.2, 0) is 18.4 Å². The van der Waals surface area contributed by atoms with Crippen molar-refractivity contribution in [3.8, 4) is 0 Å². The van der Waals surface area contributed by atoms with Crippen molar-refractivity contribution in [2.75, 3.05) is 6.54 Å². The molecule has 0 atom stereocenters. The van der Waals surface area contributed by atoms with Crippen molar-refractivity contribution >= 4 is 11.3 Å². The molecule has 4 aliphatic carbocycles. The molecule has 1 aliphatic heterocycles. The van der Waals surface area contributed by atoms with Crippen LogP contribution in [0.25, 0.3) is 0 Å². The van der Waals surface area contributed by atoms with Gasteiger partial charge < -0.3 is 5.32 Å². The molecule has 3 heteroatoms. The minimum Gasteiger partial charge on any atom is -0.311 e. The van der Waals surface area contributed by atoms with Gasteiger partial charge in [0.2, 0.25) is 0 Å². The fourth-order valence-electron chi connectivity index (χ4n) is 5.72. The Balaban J connectivity index is 1.56. The van der Waals surface area contributed by atoms with Gasteiger partial charge in [-0.05, 0) is 56.3 Å². The molecule has 1 aromatic heterocycles. The van der Waals surface area contributed by atoms with Crippen LogP contribution in [0.4, 0.5) is 0 Å². The summed E-state index contributed by atoms with van der Waals surface area (Å²) in [5, 5.41) is 5.03. The molecular weight excluding hydrogens is 252 g/mol. The normalized spacial score (nSPS) is 43.5. The number of hydrogen-bond donors (Lipinski definition) is 1. The van der Waals surface area contributed by atoms with E-state index in [0.717, 1.165) is 37.3 Å². The highest BCUT2D eigenvalue weighted by atomic mass is 32.1. The van der Waals surface area contributed by atoms with E-state index in [2.05, 4.69) is 16.7 Å². The molecule has 102 valence electrons. The Kier molecular flexibility index (Phi) is 2.27. The van der Waals surface area contributed by atoms with Gasteiger partial charge in [-0.15, -0.1) is 11.3 Å². The lowest BCUT2D eigenvalue weighted by Gasteiger charge is -2.56. The lowest BCUT2D eigenvalue weighted by atomic mass is 9.50. The zero-order valence-corrected chi connectivity index (χ0v) is 12.3. The second-order valence-electron chi connectivity index (χ2n) is 7.51. The Hall–Kier alpha value is -0.410. The summed E-state index contributed by atoms with van der Waals surface area (Å²) >= 11 is 2.05. The van der Waals surface area contributed by atoms with Gasteiger partial charge in [0.15, 0.2) is 0 Å². The zero-order valence-electron chi connectivity index (χ0n) is 11.5. The predicted octanol–water partition coefficient (Wildman–Crippen LogP) is 3.26. The van der Waals surface area contributed by atoms with Crippen LogP contribution in [0.1, 0.15) is 54.1 Å². The Labute approximate surface area is 119 Å². The molecule has 0 saturated heterocycles. The first-order valence-corrected chi connectivity index (χ1v) is 8.82. The summed E-state index contributed by atoms with van der Waals surface area (Å²) in [5.74, 6) is 3.10. The monoisotopic (exact) mass is 274 g/mol. The van der Waals surface area contributed by atoms with Gasteiger partial charge in [0, 0.05) is 29.8 Å². The SMILES string of the molecule is C1Cc2nc(C34CC5CC(CC(C5)C3)C4)sc2CN1. The van der Waals surface area contributed by atoms with Crippen LogP contribution in [0.5, 0.6) is 0 Å². The first-order valence-electron chi connectivity index (χ1n) is 8.00. The summed E-state index contributed by atoms with van der Waals surface area (Å²) in [7, 11) is 0. The maximum Gasteiger partial charge on any atom is 0.0993 e. The summed E-state index contributed by atoms with van der Waals surface area (Å²) in [6.45, 7) is 2.19. The highest BCUT2D eigenvalue weighted by Crippen LogP contribution is 2.61. The Morgan fingerprint density at radius 2 is 1.74 bits per heavy atom. The van der Waals surface area contributed by atoms with Gasteiger partial charge in [-0.3, -0.25) is 0 Å². The van der Waals surface area contributed by atoms with Gasteiger partial charge >= 0.3 is 0 Å². The molecule has 5 aliphatic rings. The lowest BCUT2D eigenvalue weighted by Crippen LogP contribution is -2.48. The fourth-order valence-corrected chi connectivity index (χ4v) is 7.02. The molecule has 0 radical (unpaired) electrons. The number of thiazole rings is 1. The maximum absolute atomic E-state index is 5.12.